The smallest absolute Gasteiger partial charge is 0.408 e. The number of aromatic nitrogens is 3. The number of carbonyl (C=O) groups is 3. The maximum absolute atomic E-state index is 14.8. The van der Waals surface area contributed by atoms with Gasteiger partial charge >= 0.3 is 12.1 Å². The van der Waals surface area contributed by atoms with Crippen molar-refractivity contribution in [2.24, 2.45) is 11.3 Å². The molecule has 0 saturated carbocycles. The lowest BCUT2D eigenvalue weighted by Gasteiger charge is -2.37. The molecule has 2 fully saturated rings. The van der Waals surface area contributed by atoms with E-state index in [4.69, 9.17) is 28.9 Å². The molecule has 2 N–H and O–H groups in total. The molecule has 4 aromatic rings. The van der Waals surface area contributed by atoms with Crippen LogP contribution in [0.15, 0.2) is 41.9 Å². The van der Waals surface area contributed by atoms with Gasteiger partial charge in [0.2, 0.25) is 0 Å². The number of aryl methyl sites for hydroxylation is 1. The van der Waals surface area contributed by atoms with Crippen molar-refractivity contribution in [2.75, 3.05) is 47.0 Å². The number of esters is 1. The lowest BCUT2D eigenvalue weighted by atomic mass is 9.84. The fourth-order valence-corrected chi connectivity index (χ4v) is 9.57. The Hall–Kier alpha value is -4.41. The number of fused-ring (bicyclic) bond motifs is 6. The summed E-state index contributed by atoms with van der Waals surface area (Å²) in [7, 11) is 3.81. The van der Waals surface area contributed by atoms with Crippen molar-refractivity contribution in [3.8, 4) is 22.5 Å². The summed E-state index contributed by atoms with van der Waals surface area (Å²) < 4.78 is 26.8. The molecule has 0 radical (unpaired) electrons. The Morgan fingerprint density at radius 2 is 1.90 bits per heavy atom. The van der Waals surface area contributed by atoms with Gasteiger partial charge in [0, 0.05) is 59.2 Å². The first-order chi connectivity index (χ1) is 29.1. The SMILES string of the molecule is CCn1c(-c2cccnc2[C@H](C)OC)c2c3cc(ccc31)-c1csc(n1)[C@@H](OCC1CCN(C)CC1)[C@H](NC(=O)OC(C)(C)C)C(=O)N1CCC[C@H](N1)C(=O)OCC(C)(C)C2. The number of likely N-dealkylation sites (tertiary alicyclic amines) is 1. The van der Waals surface area contributed by atoms with E-state index in [9.17, 15) is 14.4 Å². The molecule has 0 aliphatic carbocycles. The summed E-state index contributed by atoms with van der Waals surface area (Å²) in [6, 6.07) is 8.50. The number of carbonyl (C=O) groups excluding carboxylic acids is 3. The molecule has 3 aromatic heterocycles. The molecule has 6 bridgehead atoms. The summed E-state index contributed by atoms with van der Waals surface area (Å²) in [6.07, 6.45) is 3.38. The van der Waals surface area contributed by atoms with Gasteiger partial charge in [-0.15, -0.1) is 11.3 Å². The summed E-state index contributed by atoms with van der Waals surface area (Å²) in [5.74, 6) is -0.626. The minimum absolute atomic E-state index is 0.148. The number of ether oxygens (including phenoxy) is 4. The normalized spacial score (nSPS) is 22.4. The van der Waals surface area contributed by atoms with Crippen LogP contribution >= 0.6 is 11.3 Å². The van der Waals surface area contributed by atoms with E-state index in [1.54, 1.807) is 34.1 Å². The number of hydrogen-bond acceptors (Lipinski definition) is 12. The van der Waals surface area contributed by atoms with Gasteiger partial charge in [0.15, 0.2) is 0 Å². The number of rotatable bonds is 8. The fraction of sp³-hybridized carbons (Fsp3) is 0.587. The van der Waals surface area contributed by atoms with Crippen molar-refractivity contribution in [1.29, 1.82) is 0 Å². The Morgan fingerprint density at radius 1 is 1.13 bits per heavy atom. The average Bonchev–Trinajstić information content (AvgIpc) is 3.84. The molecule has 15 heteroatoms. The van der Waals surface area contributed by atoms with Gasteiger partial charge in [-0.05, 0) is 123 Å². The molecule has 3 aliphatic rings. The second-order valence-corrected chi connectivity index (χ2v) is 19.5. The van der Waals surface area contributed by atoms with Gasteiger partial charge in [-0.1, -0.05) is 19.9 Å². The van der Waals surface area contributed by atoms with Gasteiger partial charge in [0.05, 0.1) is 36.4 Å². The zero-order valence-electron chi connectivity index (χ0n) is 37.2. The average molecular weight is 858 g/mol. The van der Waals surface area contributed by atoms with E-state index >= 15 is 0 Å². The second kappa shape index (κ2) is 18.5. The van der Waals surface area contributed by atoms with Crippen molar-refractivity contribution in [1.82, 2.24) is 35.2 Å². The largest absolute Gasteiger partial charge is 0.464 e. The monoisotopic (exact) mass is 857 g/mol. The van der Waals surface area contributed by atoms with Gasteiger partial charge in [0.25, 0.3) is 5.91 Å². The van der Waals surface area contributed by atoms with Gasteiger partial charge in [-0.3, -0.25) is 19.6 Å². The number of methoxy groups -OCH3 is 1. The van der Waals surface area contributed by atoms with Crippen molar-refractivity contribution in [3.63, 3.8) is 0 Å². The molecule has 2 saturated heterocycles. The number of thiazole rings is 1. The molecule has 7 rings (SSSR count). The topological polar surface area (TPSA) is 149 Å². The molecule has 1 aromatic carbocycles. The Balaban J connectivity index is 1.39. The Bertz CT molecular complexity index is 2200. The van der Waals surface area contributed by atoms with Crippen molar-refractivity contribution in [2.45, 2.75) is 117 Å². The van der Waals surface area contributed by atoms with Gasteiger partial charge in [0.1, 0.15) is 28.8 Å². The third-order valence-corrected chi connectivity index (χ3v) is 12.9. The number of cyclic esters (lactones) is 1. The van der Waals surface area contributed by atoms with E-state index in [0.29, 0.717) is 44.0 Å². The summed E-state index contributed by atoms with van der Waals surface area (Å²) in [6.45, 7) is 17.2. The van der Waals surface area contributed by atoms with Gasteiger partial charge < -0.3 is 33.7 Å². The van der Waals surface area contributed by atoms with E-state index in [1.165, 1.54) is 16.3 Å². The van der Waals surface area contributed by atoms with E-state index < -0.39 is 47.2 Å². The van der Waals surface area contributed by atoms with Crippen LogP contribution in [0.4, 0.5) is 4.79 Å². The van der Waals surface area contributed by atoms with Gasteiger partial charge in [-0.25, -0.2) is 15.2 Å². The van der Waals surface area contributed by atoms with Crippen LogP contribution < -0.4 is 10.7 Å². The quantitative estimate of drug-likeness (QED) is 0.170. The number of benzene rings is 1. The van der Waals surface area contributed by atoms with Crippen LogP contribution in [-0.2, 0) is 41.5 Å². The number of hydrazine groups is 1. The summed E-state index contributed by atoms with van der Waals surface area (Å²) in [5, 5.41) is 7.92. The fourth-order valence-electron chi connectivity index (χ4n) is 8.66. The van der Waals surface area contributed by atoms with Crippen molar-refractivity contribution in [3.05, 3.63) is 58.2 Å². The Morgan fingerprint density at radius 3 is 2.62 bits per heavy atom. The van der Waals surface area contributed by atoms with E-state index in [1.807, 2.05) is 18.4 Å². The Labute approximate surface area is 363 Å². The molecule has 4 atom stereocenters. The number of nitrogens with zero attached hydrogens (tertiary/aromatic N) is 5. The lowest BCUT2D eigenvalue weighted by Crippen LogP contribution is -2.61. The third kappa shape index (κ3) is 10.1. The van der Waals surface area contributed by atoms with Crippen molar-refractivity contribution >= 4 is 40.2 Å². The molecule has 3 aliphatic heterocycles. The van der Waals surface area contributed by atoms with Crippen LogP contribution in [0.5, 0.6) is 0 Å². The first-order valence-corrected chi connectivity index (χ1v) is 22.6. The molecular formula is C46H63N7O7S. The molecule has 0 spiro atoms. The molecule has 61 heavy (non-hydrogen) atoms. The van der Waals surface area contributed by atoms with Crippen LogP contribution in [0.1, 0.15) is 103 Å². The highest BCUT2D eigenvalue weighted by Gasteiger charge is 2.41. The highest BCUT2D eigenvalue weighted by Crippen LogP contribution is 2.42. The molecule has 2 amide bonds. The standard InChI is InChI=1S/C46H63N7O7S/c1-10-52-36-16-15-30-23-32(36)33(39(52)31-13-11-19-47-37(31)28(2)57-9)24-46(6,7)27-59-43(55)34-14-12-20-53(50-34)42(54)38(49-44(56)60-45(3,4)5)40(41-48-35(30)26-61-41)58-25-29-17-21-51(8)22-18-29/h11,13,15-16,19,23,26,28-29,34,38,40,50H,10,12,14,17-18,20-22,24-25,27H2,1-9H3,(H,49,56)/t28-,34-,38-,40-/m0/s1. The zero-order valence-corrected chi connectivity index (χ0v) is 38.0. The highest BCUT2D eigenvalue weighted by molar-refractivity contribution is 7.10. The van der Waals surface area contributed by atoms with Gasteiger partial charge in [-0.2, -0.15) is 0 Å². The molecule has 6 heterocycles. The number of nitrogens with one attached hydrogen (secondary N) is 2. The zero-order chi connectivity index (χ0) is 43.6. The minimum atomic E-state index is -1.22. The van der Waals surface area contributed by atoms with Crippen molar-refractivity contribution < 1.29 is 33.3 Å². The molecule has 0 unspecified atom stereocenters. The number of hydrogen-bond donors (Lipinski definition) is 2. The maximum atomic E-state index is 14.8. The number of piperidine rings is 1. The minimum Gasteiger partial charge on any atom is -0.464 e. The Kier molecular flexibility index (Phi) is 13.5. The van der Waals surface area contributed by atoms with Crippen LogP contribution in [-0.4, -0.2) is 107 Å². The van der Waals surface area contributed by atoms with E-state index in [2.05, 4.69) is 72.3 Å². The lowest BCUT2D eigenvalue weighted by molar-refractivity contribution is -0.156. The summed E-state index contributed by atoms with van der Waals surface area (Å²) in [4.78, 5) is 54.6. The highest BCUT2D eigenvalue weighted by atomic mass is 32.1. The first kappa shape index (κ1) is 44.6. The summed E-state index contributed by atoms with van der Waals surface area (Å²) in [5.41, 5.74) is 8.55. The number of amides is 2. The molecular weight excluding hydrogens is 795 g/mol. The second-order valence-electron chi connectivity index (χ2n) is 18.6. The third-order valence-electron chi connectivity index (χ3n) is 12.0. The van der Waals surface area contributed by atoms with E-state index in [-0.39, 0.29) is 18.6 Å². The van der Waals surface area contributed by atoms with Crippen LogP contribution in [0, 0.1) is 11.3 Å². The van der Waals surface area contributed by atoms with Crippen LogP contribution in [0.2, 0.25) is 0 Å². The number of alkyl carbamates (subject to hydrolysis) is 1. The van der Waals surface area contributed by atoms with Crippen LogP contribution in [0.3, 0.4) is 0 Å². The predicted octanol–water partition coefficient (Wildman–Crippen LogP) is 7.47. The molecule has 14 nitrogen and oxygen atoms in total. The first-order valence-electron chi connectivity index (χ1n) is 21.7. The summed E-state index contributed by atoms with van der Waals surface area (Å²) >= 11 is 1.40. The van der Waals surface area contributed by atoms with Crippen LogP contribution in [0.25, 0.3) is 33.4 Å². The molecule has 330 valence electrons. The number of pyridine rings is 1. The van der Waals surface area contributed by atoms with E-state index in [0.717, 1.165) is 70.6 Å². The predicted molar refractivity (Wildman–Crippen MR) is 236 cm³/mol. The maximum Gasteiger partial charge on any atom is 0.408 e.